The molecule has 0 unspecified atom stereocenters. The first-order valence-corrected chi connectivity index (χ1v) is 10.2. The molecule has 0 saturated carbocycles. The van der Waals surface area contributed by atoms with E-state index in [1.807, 2.05) is 32.0 Å². The first-order chi connectivity index (χ1) is 13.5. The van der Waals surface area contributed by atoms with Crippen LogP contribution in [0.2, 0.25) is 5.15 Å². The molecule has 1 atom stereocenters. The Balaban J connectivity index is 2.45. The van der Waals surface area contributed by atoms with Gasteiger partial charge in [-0.2, -0.15) is 0 Å². The number of hydrogen-bond acceptors (Lipinski definition) is 3. The van der Waals surface area contributed by atoms with E-state index in [0.29, 0.717) is 16.3 Å². The summed E-state index contributed by atoms with van der Waals surface area (Å²) in [7, 11) is 0. The van der Waals surface area contributed by atoms with Crippen LogP contribution in [0.25, 0.3) is 0 Å². The Hall–Kier alpha value is -2.40. The summed E-state index contributed by atoms with van der Waals surface area (Å²) in [4.78, 5) is 30.4. The van der Waals surface area contributed by atoms with E-state index in [-0.39, 0.29) is 17.4 Å². The van der Waals surface area contributed by atoms with E-state index < -0.39 is 5.91 Å². The molecule has 2 rings (SSSR count). The molecule has 29 heavy (non-hydrogen) atoms. The number of aryl methyl sites for hydroxylation is 2. The summed E-state index contributed by atoms with van der Waals surface area (Å²) in [6, 6.07) is 8.70. The topological polar surface area (TPSA) is 62.3 Å². The summed E-state index contributed by atoms with van der Waals surface area (Å²) in [5, 5.41) is 1.80. The first kappa shape index (κ1) is 22.9. The van der Waals surface area contributed by atoms with Gasteiger partial charge in [-0.1, -0.05) is 62.9 Å². The van der Waals surface area contributed by atoms with Crippen LogP contribution in [-0.4, -0.2) is 27.8 Å². The Morgan fingerprint density at radius 3 is 2.21 bits per heavy atom. The number of carbonyl (C=O) groups excluding carboxylic acids is 2. The van der Waals surface area contributed by atoms with Gasteiger partial charge in [-0.3, -0.25) is 15.0 Å². The number of aromatic nitrogens is 1. The number of hydrazine groups is 1. The summed E-state index contributed by atoms with van der Waals surface area (Å²) < 4.78 is 0. The van der Waals surface area contributed by atoms with Crippen molar-refractivity contribution in [2.24, 2.45) is 5.41 Å². The standard InChI is InChI=1S/C23H30ClN3O2/c1-7-8-19(23(4,5)6)27(22(29)18-12-15(2)11-16(3)13-18)26-21(28)17-9-10-20(24)25-14-17/h9-14,19H,7-8H2,1-6H3,(H,26,28)/t19-/m0/s1. The van der Waals surface area contributed by atoms with Crippen LogP contribution in [0.1, 0.15) is 72.4 Å². The van der Waals surface area contributed by atoms with E-state index in [4.69, 9.17) is 11.6 Å². The third kappa shape index (κ3) is 6.04. The SMILES string of the molecule is CCC[C@H](N(NC(=O)c1ccc(Cl)nc1)C(=O)c1cc(C)cc(C)c1)C(C)(C)C. The maximum atomic E-state index is 13.5. The summed E-state index contributed by atoms with van der Waals surface area (Å²) >= 11 is 5.83. The molecule has 0 spiro atoms. The molecule has 0 aliphatic rings. The van der Waals surface area contributed by atoms with E-state index in [2.05, 4.69) is 38.1 Å². The van der Waals surface area contributed by atoms with Gasteiger partial charge in [-0.05, 0) is 49.9 Å². The van der Waals surface area contributed by atoms with Gasteiger partial charge in [0.2, 0.25) is 0 Å². The van der Waals surface area contributed by atoms with Gasteiger partial charge in [0.05, 0.1) is 11.6 Å². The predicted octanol–water partition coefficient (Wildman–Crippen LogP) is 5.35. The molecule has 0 aliphatic heterocycles. The Kier molecular flexibility index (Phi) is 7.42. The number of nitrogens with one attached hydrogen (secondary N) is 1. The molecule has 0 bridgehead atoms. The lowest BCUT2D eigenvalue weighted by atomic mass is 9.83. The number of halogens is 1. The highest BCUT2D eigenvalue weighted by atomic mass is 35.5. The van der Waals surface area contributed by atoms with E-state index >= 15 is 0 Å². The molecular weight excluding hydrogens is 386 g/mol. The molecule has 0 radical (unpaired) electrons. The fourth-order valence-corrected chi connectivity index (χ4v) is 3.53. The maximum absolute atomic E-state index is 13.5. The van der Waals surface area contributed by atoms with Crippen LogP contribution in [0.3, 0.4) is 0 Å². The van der Waals surface area contributed by atoms with Crippen LogP contribution >= 0.6 is 11.6 Å². The summed E-state index contributed by atoms with van der Waals surface area (Å²) in [6.45, 7) is 12.2. The van der Waals surface area contributed by atoms with Crippen LogP contribution in [0, 0.1) is 19.3 Å². The highest BCUT2D eigenvalue weighted by Crippen LogP contribution is 2.29. The van der Waals surface area contributed by atoms with Crippen LogP contribution in [0.15, 0.2) is 36.5 Å². The smallest absolute Gasteiger partial charge is 0.267 e. The van der Waals surface area contributed by atoms with Crippen molar-refractivity contribution in [3.8, 4) is 0 Å². The zero-order valence-electron chi connectivity index (χ0n) is 18.0. The van der Waals surface area contributed by atoms with Gasteiger partial charge >= 0.3 is 0 Å². The highest BCUT2D eigenvalue weighted by Gasteiger charge is 2.35. The fourth-order valence-electron chi connectivity index (χ4n) is 3.41. The molecular formula is C23H30ClN3O2. The number of rotatable bonds is 5. The van der Waals surface area contributed by atoms with E-state index in [1.165, 1.54) is 11.2 Å². The van der Waals surface area contributed by atoms with Gasteiger partial charge in [0.1, 0.15) is 5.15 Å². The highest BCUT2D eigenvalue weighted by molar-refractivity contribution is 6.29. The van der Waals surface area contributed by atoms with Gasteiger partial charge in [-0.25, -0.2) is 9.99 Å². The fraction of sp³-hybridized carbons (Fsp3) is 0.435. The van der Waals surface area contributed by atoms with Crippen molar-refractivity contribution in [3.05, 3.63) is 63.9 Å². The van der Waals surface area contributed by atoms with Crippen LogP contribution in [-0.2, 0) is 0 Å². The molecule has 1 heterocycles. The average molecular weight is 416 g/mol. The molecule has 156 valence electrons. The lowest BCUT2D eigenvalue weighted by molar-refractivity contribution is 0.0271. The second-order valence-electron chi connectivity index (χ2n) is 8.53. The summed E-state index contributed by atoms with van der Waals surface area (Å²) in [5.41, 5.74) is 5.53. The minimum atomic E-state index is -0.391. The minimum absolute atomic E-state index is 0.176. The van der Waals surface area contributed by atoms with Crippen molar-refractivity contribution in [3.63, 3.8) is 0 Å². The molecule has 5 nitrogen and oxygen atoms in total. The van der Waals surface area contributed by atoms with Crippen molar-refractivity contribution in [1.29, 1.82) is 0 Å². The number of hydrogen-bond donors (Lipinski definition) is 1. The molecule has 0 saturated heterocycles. The molecule has 0 fully saturated rings. The van der Waals surface area contributed by atoms with Gasteiger partial charge in [0, 0.05) is 11.8 Å². The third-order valence-corrected chi connectivity index (χ3v) is 5.00. The number of benzene rings is 1. The van der Waals surface area contributed by atoms with Gasteiger partial charge in [0.25, 0.3) is 11.8 Å². The molecule has 6 heteroatoms. The monoisotopic (exact) mass is 415 g/mol. The van der Waals surface area contributed by atoms with Crippen LogP contribution < -0.4 is 5.43 Å². The quantitative estimate of drug-likeness (QED) is 0.528. The van der Waals surface area contributed by atoms with E-state index in [1.54, 1.807) is 12.1 Å². The van der Waals surface area contributed by atoms with Crippen molar-refractivity contribution in [2.45, 2.75) is 60.4 Å². The predicted molar refractivity (Wildman–Crippen MR) is 117 cm³/mol. The van der Waals surface area contributed by atoms with Crippen LogP contribution in [0.4, 0.5) is 0 Å². The Labute approximate surface area is 178 Å². The number of carbonyl (C=O) groups is 2. The molecule has 1 N–H and O–H groups in total. The van der Waals surface area contributed by atoms with Crippen molar-refractivity contribution in [1.82, 2.24) is 15.4 Å². The Morgan fingerprint density at radius 1 is 1.10 bits per heavy atom. The van der Waals surface area contributed by atoms with E-state index in [9.17, 15) is 9.59 Å². The molecule has 1 aromatic heterocycles. The number of amides is 2. The molecule has 2 amide bonds. The second-order valence-corrected chi connectivity index (χ2v) is 8.92. The van der Waals surface area contributed by atoms with Gasteiger partial charge in [-0.15, -0.1) is 0 Å². The summed E-state index contributed by atoms with van der Waals surface area (Å²) in [5.74, 6) is -0.613. The normalized spacial score (nSPS) is 12.4. The first-order valence-electron chi connectivity index (χ1n) is 9.87. The summed E-state index contributed by atoms with van der Waals surface area (Å²) in [6.07, 6.45) is 3.05. The number of nitrogens with zero attached hydrogens (tertiary/aromatic N) is 2. The third-order valence-electron chi connectivity index (χ3n) is 4.77. The van der Waals surface area contributed by atoms with Crippen molar-refractivity contribution >= 4 is 23.4 Å². The van der Waals surface area contributed by atoms with Crippen molar-refractivity contribution in [2.75, 3.05) is 0 Å². The van der Waals surface area contributed by atoms with Crippen molar-refractivity contribution < 1.29 is 9.59 Å². The zero-order valence-corrected chi connectivity index (χ0v) is 18.8. The lowest BCUT2D eigenvalue weighted by Gasteiger charge is -2.40. The molecule has 1 aromatic carbocycles. The maximum Gasteiger partial charge on any atom is 0.272 e. The second kappa shape index (κ2) is 9.40. The molecule has 0 aliphatic carbocycles. The average Bonchev–Trinajstić information content (AvgIpc) is 2.62. The Bertz CT molecular complexity index is 852. The molecule has 2 aromatic rings. The zero-order chi connectivity index (χ0) is 21.8. The van der Waals surface area contributed by atoms with Crippen LogP contribution in [0.5, 0.6) is 0 Å². The minimum Gasteiger partial charge on any atom is -0.267 e. The van der Waals surface area contributed by atoms with Gasteiger partial charge in [0.15, 0.2) is 0 Å². The number of pyridine rings is 1. The lowest BCUT2D eigenvalue weighted by Crippen LogP contribution is -2.56. The largest absolute Gasteiger partial charge is 0.272 e. The van der Waals surface area contributed by atoms with Gasteiger partial charge < -0.3 is 0 Å². The van der Waals surface area contributed by atoms with E-state index in [0.717, 1.165) is 24.0 Å². The Morgan fingerprint density at radius 2 is 1.72 bits per heavy atom.